The molecule has 0 radical (unpaired) electrons. The zero-order valence-electron chi connectivity index (χ0n) is 11.5. The molecule has 0 saturated heterocycles. The molecule has 0 unspecified atom stereocenters. The van der Waals surface area contributed by atoms with E-state index >= 15 is 0 Å². The third-order valence-corrected chi connectivity index (χ3v) is 2.75. The number of ketones is 2. The molecule has 18 heavy (non-hydrogen) atoms. The van der Waals surface area contributed by atoms with E-state index in [1.54, 1.807) is 13.8 Å². The van der Waals surface area contributed by atoms with E-state index in [4.69, 9.17) is 10.8 Å². The summed E-state index contributed by atoms with van der Waals surface area (Å²) >= 11 is 0. The summed E-state index contributed by atoms with van der Waals surface area (Å²) in [5, 5.41) is 8.23. The summed E-state index contributed by atoms with van der Waals surface area (Å²) in [5.74, 6) is -0.713. The lowest BCUT2D eigenvalue weighted by molar-refractivity contribution is -0.139. The monoisotopic (exact) mass is 257 g/mol. The Morgan fingerprint density at radius 1 is 1.22 bits per heavy atom. The maximum atomic E-state index is 10.9. The second kappa shape index (κ2) is 6.64. The largest absolute Gasteiger partial charge is 0.480 e. The normalized spacial score (nSPS) is 20.1. The molecule has 0 amide bonds. The van der Waals surface area contributed by atoms with Gasteiger partial charge < -0.3 is 10.8 Å². The zero-order valence-corrected chi connectivity index (χ0v) is 11.5. The third kappa shape index (κ3) is 6.49. The Kier molecular flexibility index (Phi) is 6.18. The molecule has 1 aliphatic carbocycles. The van der Waals surface area contributed by atoms with Gasteiger partial charge in [-0.2, -0.15) is 0 Å². The maximum Gasteiger partial charge on any atom is 0.320 e. The van der Waals surface area contributed by atoms with Gasteiger partial charge >= 0.3 is 5.97 Å². The zero-order chi connectivity index (χ0) is 14.5. The molecule has 0 heterocycles. The summed E-state index contributed by atoms with van der Waals surface area (Å²) in [4.78, 5) is 31.8. The Morgan fingerprint density at radius 2 is 1.61 bits per heavy atom. The van der Waals surface area contributed by atoms with Crippen LogP contribution in [0.15, 0.2) is 0 Å². The van der Waals surface area contributed by atoms with Gasteiger partial charge in [-0.1, -0.05) is 27.7 Å². The number of rotatable bonds is 2. The van der Waals surface area contributed by atoms with Gasteiger partial charge in [-0.25, -0.2) is 0 Å². The number of carbonyl (C=O) groups excluding carboxylic acids is 2. The fourth-order valence-electron chi connectivity index (χ4n) is 1.76. The fraction of sp³-hybridized carbons (Fsp3) is 0.769. The van der Waals surface area contributed by atoms with E-state index in [2.05, 4.69) is 0 Å². The standard InChI is InChI=1S/C8H12O2.C5H11NO2/c1-8(2)4-6(9)3-7(10)5-8;1-3(2)4(6)5(7)8/h3-5H2,1-2H3;3-4H,6H2,1-2H3,(H,7,8)/t;4-/m.0/s1. The molecule has 0 aromatic carbocycles. The van der Waals surface area contributed by atoms with Crippen LogP contribution in [0.1, 0.15) is 47.0 Å². The number of hydrogen-bond donors (Lipinski definition) is 2. The molecule has 1 rings (SSSR count). The van der Waals surface area contributed by atoms with Crippen LogP contribution >= 0.6 is 0 Å². The van der Waals surface area contributed by atoms with Crippen molar-refractivity contribution in [1.29, 1.82) is 0 Å². The lowest BCUT2D eigenvalue weighted by Crippen LogP contribution is -2.34. The number of carbonyl (C=O) groups is 3. The van der Waals surface area contributed by atoms with E-state index < -0.39 is 12.0 Å². The molecule has 1 atom stereocenters. The first-order chi connectivity index (χ1) is 8.05. The van der Waals surface area contributed by atoms with E-state index in [1.165, 1.54) is 0 Å². The summed E-state index contributed by atoms with van der Waals surface area (Å²) in [6, 6.07) is -0.713. The summed E-state index contributed by atoms with van der Waals surface area (Å²) in [5.41, 5.74) is 5.08. The first kappa shape index (κ1) is 16.8. The van der Waals surface area contributed by atoms with Crippen LogP contribution in [0.2, 0.25) is 0 Å². The molecule has 1 saturated carbocycles. The molecule has 1 fully saturated rings. The Balaban J connectivity index is 0.000000331. The van der Waals surface area contributed by atoms with Gasteiger partial charge in [0.2, 0.25) is 0 Å². The van der Waals surface area contributed by atoms with Gasteiger partial charge in [-0.15, -0.1) is 0 Å². The number of nitrogens with two attached hydrogens (primary N) is 1. The highest BCUT2D eigenvalue weighted by atomic mass is 16.4. The molecular formula is C13H23NO4. The Labute approximate surface area is 108 Å². The molecule has 3 N–H and O–H groups in total. The topological polar surface area (TPSA) is 97.5 Å². The maximum absolute atomic E-state index is 10.9. The minimum atomic E-state index is -0.931. The molecule has 0 bridgehead atoms. The number of carboxylic acid groups (broad SMARTS) is 1. The SMILES string of the molecule is CC(C)[C@H](N)C(=O)O.CC1(C)CC(=O)CC(=O)C1. The Hall–Kier alpha value is -1.23. The highest BCUT2D eigenvalue weighted by Crippen LogP contribution is 2.30. The first-order valence-electron chi connectivity index (χ1n) is 6.07. The van der Waals surface area contributed by atoms with Crippen LogP contribution < -0.4 is 5.73 Å². The number of hydrogen-bond acceptors (Lipinski definition) is 4. The number of aliphatic carboxylic acids is 1. The van der Waals surface area contributed by atoms with Gasteiger partial charge in [0.25, 0.3) is 0 Å². The summed E-state index contributed by atoms with van der Waals surface area (Å²) in [6.07, 6.45) is 1.31. The minimum absolute atomic E-state index is 0.0208. The number of Topliss-reactive ketones (excluding diaryl/α,β-unsaturated/α-hetero) is 2. The van der Waals surface area contributed by atoms with Crippen molar-refractivity contribution in [3.05, 3.63) is 0 Å². The average Bonchev–Trinajstić information content (AvgIpc) is 2.12. The van der Waals surface area contributed by atoms with Crippen LogP contribution in [0.5, 0.6) is 0 Å². The highest BCUT2D eigenvalue weighted by molar-refractivity contribution is 6.01. The predicted molar refractivity (Wildman–Crippen MR) is 68.1 cm³/mol. The molecule has 0 aromatic rings. The Bertz CT molecular complexity index is 316. The fourth-order valence-corrected chi connectivity index (χ4v) is 1.76. The second-order valence-electron chi connectivity index (χ2n) is 5.88. The van der Waals surface area contributed by atoms with Crippen molar-refractivity contribution >= 4 is 17.5 Å². The predicted octanol–water partition coefficient (Wildman–Crippen LogP) is 1.39. The van der Waals surface area contributed by atoms with Crippen LogP contribution in [0.3, 0.4) is 0 Å². The van der Waals surface area contributed by atoms with Crippen LogP contribution in [0.25, 0.3) is 0 Å². The molecule has 5 nitrogen and oxygen atoms in total. The van der Waals surface area contributed by atoms with Crippen molar-refractivity contribution in [2.45, 2.75) is 53.0 Å². The first-order valence-corrected chi connectivity index (χ1v) is 6.07. The van der Waals surface area contributed by atoms with Crippen molar-refractivity contribution in [2.24, 2.45) is 17.1 Å². The third-order valence-electron chi connectivity index (χ3n) is 2.75. The van der Waals surface area contributed by atoms with Crippen molar-refractivity contribution in [3.8, 4) is 0 Å². The van der Waals surface area contributed by atoms with Gasteiger partial charge in [0.15, 0.2) is 0 Å². The second-order valence-corrected chi connectivity index (χ2v) is 5.88. The summed E-state index contributed by atoms with van der Waals surface area (Å²) in [7, 11) is 0. The van der Waals surface area contributed by atoms with Gasteiger partial charge in [-0.3, -0.25) is 14.4 Å². The van der Waals surface area contributed by atoms with Crippen molar-refractivity contribution in [1.82, 2.24) is 0 Å². The molecule has 0 aromatic heterocycles. The summed E-state index contributed by atoms with van der Waals surface area (Å²) in [6.45, 7) is 7.47. The van der Waals surface area contributed by atoms with Crippen LogP contribution in [0, 0.1) is 11.3 Å². The smallest absolute Gasteiger partial charge is 0.320 e. The molecule has 5 heteroatoms. The average molecular weight is 257 g/mol. The van der Waals surface area contributed by atoms with Crippen LogP contribution in [-0.2, 0) is 14.4 Å². The van der Waals surface area contributed by atoms with E-state index in [1.807, 2.05) is 13.8 Å². The quantitative estimate of drug-likeness (QED) is 0.728. The molecular weight excluding hydrogens is 234 g/mol. The highest BCUT2D eigenvalue weighted by Gasteiger charge is 2.31. The van der Waals surface area contributed by atoms with Crippen LogP contribution in [0.4, 0.5) is 0 Å². The Morgan fingerprint density at radius 3 is 1.78 bits per heavy atom. The van der Waals surface area contributed by atoms with Crippen molar-refractivity contribution < 1.29 is 19.5 Å². The molecule has 0 spiro atoms. The van der Waals surface area contributed by atoms with Gasteiger partial charge in [0.05, 0.1) is 6.42 Å². The minimum Gasteiger partial charge on any atom is -0.480 e. The molecule has 104 valence electrons. The van der Waals surface area contributed by atoms with E-state index in [-0.39, 0.29) is 29.3 Å². The van der Waals surface area contributed by atoms with Gasteiger partial charge in [0.1, 0.15) is 17.6 Å². The summed E-state index contributed by atoms with van der Waals surface area (Å²) < 4.78 is 0. The lowest BCUT2D eigenvalue weighted by Gasteiger charge is -2.26. The van der Waals surface area contributed by atoms with E-state index in [0.29, 0.717) is 12.8 Å². The van der Waals surface area contributed by atoms with E-state index in [9.17, 15) is 14.4 Å². The van der Waals surface area contributed by atoms with Crippen molar-refractivity contribution in [3.63, 3.8) is 0 Å². The van der Waals surface area contributed by atoms with Gasteiger partial charge in [-0.05, 0) is 11.3 Å². The lowest BCUT2D eigenvalue weighted by atomic mass is 9.76. The van der Waals surface area contributed by atoms with E-state index in [0.717, 1.165) is 0 Å². The van der Waals surface area contributed by atoms with Gasteiger partial charge in [0, 0.05) is 12.8 Å². The van der Waals surface area contributed by atoms with Crippen LogP contribution in [-0.4, -0.2) is 28.7 Å². The van der Waals surface area contributed by atoms with Crippen molar-refractivity contribution in [2.75, 3.05) is 0 Å². The molecule has 1 aliphatic rings. The molecule has 0 aliphatic heterocycles. The number of carboxylic acids is 1.